The van der Waals surface area contributed by atoms with Crippen molar-refractivity contribution in [2.24, 2.45) is 5.92 Å². The lowest BCUT2D eigenvalue weighted by molar-refractivity contribution is -0.544. The zero-order chi connectivity index (χ0) is 11.4. The van der Waals surface area contributed by atoms with Crippen molar-refractivity contribution in [3.05, 3.63) is 10.1 Å². The first kappa shape index (κ1) is 12.1. The number of hydrogen-bond donors (Lipinski definition) is 1. The fourth-order valence-electron chi connectivity index (χ4n) is 2.22. The van der Waals surface area contributed by atoms with Gasteiger partial charge in [-0.2, -0.15) is 0 Å². The Bertz CT molecular complexity index is 254. The maximum absolute atomic E-state index is 11.2. The Hall–Kier alpha value is -0.970. The summed E-state index contributed by atoms with van der Waals surface area (Å²) in [6, 6.07) is -0.973. The second-order valence-electron chi connectivity index (χ2n) is 4.15. The Morgan fingerprint density at radius 1 is 1.67 bits per heavy atom. The normalized spacial score (nSPS) is 26.0. The summed E-state index contributed by atoms with van der Waals surface area (Å²) in [6.07, 6.45) is 1.59. The number of nitro groups is 1. The maximum Gasteiger partial charge on any atom is 0.241 e. The van der Waals surface area contributed by atoms with E-state index in [-0.39, 0.29) is 18.1 Å². The molecule has 5 heteroatoms. The van der Waals surface area contributed by atoms with Gasteiger partial charge < -0.3 is 5.11 Å². The SMILES string of the molecule is CCC(O)C(C1CCCC(=O)C1)[N+](=O)[O-]. The maximum atomic E-state index is 11.2. The van der Waals surface area contributed by atoms with Gasteiger partial charge in [0.25, 0.3) is 0 Å². The first-order chi connectivity index (χ1) is 7.06. The topological polar surface area (TPSA) is 80.4 Å². The van der Waals surface area contributed by atoms with Gasteiger partial charge in [0.05, 0.1) is 0 Å². The summed E-state index contributed by atoms with van der Waals surface area (Å²) in [4.78, 5) is 21.6. The molecule has 1 aliphatic carbocycles. The zero-order valence-corrected chi connectivity index (χ0v) is 8.89. The third-order valence-electron chi connectivity index (χ3n) is 3.06. The van der Waals surface area contributed by atoms with E-state index in [2.05, 4.69) is 0 Å². The van der Waals surface area contributed by atoms with E-state index in [1.807, 2.05) is 0 Å². The lowest BCUT2D eigenvalue weighted by atomic mass is 9.81. The standard InChI is InChI=1S/C10H17NO4/c1-2-9(13)10(11(14)15)7-4-3-5-8(12)6-7/h7,9-10,13H,2-6H2,1H3. The largest absolute Gasteiger partial charge is 0.386 e. The van der Waals surface area contributed by atoms with Crippen molar-refractivity contribution in [1.82, 2.24) is 0 Å². The number of ketones is 1. The average molecular weight is 215 g/mol. The van der Waals surface area contributed by atoms with Crippen LogP contribution in [0.3, 0.4) is 0 Å². The molecule has 1 fully saturated rings. The summed E-state index contributed by atoms with van der Waals surface area (Å²) >= 11 is 0. The molecule has 0 saturated heterocycles. The minimum Gasteiger partial charge on any atom is -0.386 e. The van der Waals surface area contributed by atoms with Crippen LogP contribution in [0.25, 0.3) is 0 Å². The van der Waals surface area contributed by atoms with Crippen molar-refractivity contribution in [2.45, 2.75) is 51.2 Å². The second-order valence-corrected chi connectivity index (χ2v) is 4.15. The van der Waals surface area contributed by atoms with E-state index in [1.54, 1.807) is 6.92 Å². The summed E-state index contributed by atoms with van der Waals surface area (Å²) in [5, 5.41) is 20.4. The van der Waals surface area contributed by atoms with Crippen molar-refractivity contribution in [2.75, 3.05) is 0 Å². The molecule has 0 amide bonds. The third kappa shape index (κ3) is 2.99. The lowest BCUT2D eigenvalue weighted by Crippen LogP contribution is -2.42. The molecule has 0 aromatic carbocycles. The minimum atomic E-state index is -0.973. The number of Topliss-reactive ketones (excluding diaryl/α,β-unsaturated/α-hetero) is 1. The van der Waals surface area contributed by atoms with Gasteiger partial charge in [0, 0.05) is 23.7 Å². The van der Waals surface area contributed by atoms with Crippen LogP contribution in [0.15, 0.2) is 0 Å². The summed E-state index contributed by atoms with van der Waals surface area (Å²) in [7, 11) is 0. The first-order valence-electron chi connectivity index (χ1n) is 5.39. The molecular formula is C10H17NO4. The predicted molar refractivity (Wildman–Crippen MR) is 54.0 cm³/mol. The highest BCUT2D eigenvalue weighted by atomic mass is 16.6. The summed E-state index contributed by atoms with van der Waals surface area (Å²) in [5.41, 5.74) is 0. The molecular weight excluding hydrogens is 198 g/mol. The zero-order valence-electron chi connectivity index (χ0n) is 8.89. The van der Waals surface area contributed by atoms with E-state index in [9.17, 15) is 20.0 Å². The number of aliphatic hydroxyl groups excluding tert-OH is 1. The molecule has 0 aromatic heterocycles. The molecule has 0 aromatic rings. The molecule has 5 nitrogen and oxygen atoms in total. The van der Waals surface area contributed by atoms with Gasteiger partial charge in [0.1, 0.15) is 11.9 Å². The van der Waals surface area contributed by atoms with Crippen LogP contribution >= 0.6 is 0 Å². The Kier molecular flexibility index (Phi) is 4.20. The predicted octanol–water partition coefficient (Wildman–Crippen LogP) is 1.16. The van der Waals surface area contributed by atoms with Crippen molar-refractivity contribution < 1.29 is 14.8 Å². The number of aliphatic hydroxyl groups is 1. The van der Waals surface area contributed by atoms with E-state index in [4.69, 9.17) is 0 Å². The number of hydrogen-bond acceptors (Lipinski definition) is 4. The van der Waals surface area contributed by atoms with Crippen molar-refractivity contribution >= 4 is 5.78 Å². The van der Waals surface area contributed by atoms with Gasteiger partial charge in [0.2, 0.25) is 6.04 Å². The van der Waals surface area contributed by atoms with Gasteiger partial charge in [-0.05, 0) is 19.3 Å². The minimum absolute atomic E-state index is 0.0846. The molecule has 0 aliphatic heterocycles. The fraction of sp³-hybridized carbons (Fsp3) is 0.900. The fourth-order valence-corrected chi connectivity index (χ4v) is 2.22. The first-order valence-corrected chi connectivity index (χ1v) is 5.39. The smallest absolute Gasteiger partial charge is 0.241 e. The van der Waals surface area contributed by atoms with Crippen LogP contribution in [0.5, 0.6) is 0 Å². The van der Waals surface area contributed by atoms with E-state index in [1.165, 1.54) is 0 Å². The van der Waals surface area contributed by atoms with E-state index in [0.717, 1.165) is 0 Å². The monoisotopic (exact) mass is 215 g/mol. The van der Waals surface area contributed by atoms with Crippen LogP contribution in [0.2, 0.25) is 0 Å². The Balaban J connectivity index is 2.70. The molecule has 3 unspecified atom stereocenters. The van der Waals surface area contributed by atoms with Gasteiger partial charge in [-0.25, -0.2) is 0 Å². The van der Waals surface area contributed by atoms with Gasteiger partial charge >= 0.3 is 0 Å². The average Bonchev–Trinajstić information content (AvgIpc) is 2.17. The van der Waals surface area contributed by atoms with Crippen molar-refractivity contribution in [1.29, 1.82) is 0 Å². The molecule has 1 saturated carbocycles. The van der Waals surface area contributed by atoms with Crippen molar-refractivity contribution in [3.8, 4) is 0 Å². The molecule has 15 heavy (non-hydrogen) atoms. The highest BCUT2D eigenvalue weighted by Crippen LogP contribution is 2.28. The number of nitrogens with zero attached hydrogens (tertiary/aromatic N) is 1. The van der Waals surface area contributed by atoms with Gasteiger partial charge in [-0.1, -0.05) is 6.92 Å². The number of carbonyl (C=O) groups excluding carboxylic acids is 1. The second kappa shape index (κ2) is 5.21. The molecule has 0 bridgehead atoms. The van der Waals surface area contributed by atoms with Crippen LogP contribution in [0, 0.1) is 16.0 Å². The van der Waals surface area contributed by atoms with Gasteiger partial charge in [0.15, 0.2) is 0 Å². The van der Waals surface area contributed by atoms with Gasteiger partial charge in [-0.15, -0.1) is 0 Å². The highest BCUT2D eigenvalue weighted by Gasteiger charge is 2.39. The molecule has 0 heterocycles. The van der Waals surface area contributed by atoms with Crippen LogP contribution in [-0.2, 0) is 4.79 Å². The van der Waals surface area contributed by atoms with Crippen LogP contribution in [0.4, 0.5) is 0 Å². The summed E-state index contributed by atoms with van der Waals surface area (Å²) < 4.78 is 0. The molecule has 0 radical (unpaired) electrons. The Morgan fingerprint density at radius 2 is 2.33 bits per heavy atom. The van der Waals surface area contributed by atoms with Crippen LogP contribution in [0.1, 0.15) is 39.0 Å². The van der Waals surface area contributed by atoms with Crippen LogP contribution in [-0.4, -0.2) is 28.0 Å². The molecule has 1 rings (SSSR count). The van der Waals surface area contributed by atoms with Crippen molar-refractivity contribution in [3.63, 3.8) is 0 Å². The van der Waals surface area contributed by atoms with E-state index < -0.39 is 17.1 Å². The summed E-state index contributed by atoms with van der Waals surface area (Å²) in [6.45, 7) is 1.71. The Morgan fingerprint density at radius 3 is 2.80 bits per heavy atom. The molecule has 0 spiro atoms. The quantitative estimate of drug-likeness (QED) is 0.563. The molecule has 1 aliphatic rings. The van der Waals surface area contributed by atoms with E-state index in [0.29, 0.717) is 25.7 Å². The summed E-state index contributed by atoms with van der Waals surface area (Å²) in [5.74, 6) is -0.197. The highest BCUT2D eigenvalue weighted by molar-refractivity contribution is 5.79. The molecule has 1 N–H and O–H groups in total. The van der Waals surface area contributed by atoms with Crippen LogP contribution < -0.4 is 0 Å². The third-order valence-corrected chi connectivity index (χ3v) is 3.06. The lowest BCUT2D eigenvalue weighted by Gasteiger charge is -2.26. The van der Waals surface area contributed by atoms with Gasteiger partial charge in [-0.3, -0.25) is 14.9 Å². The van der Waals surface area contributed by atoms with E-state index >= 15 is 0 Å². The molecule has 3 atom stereocenters. The number of carbonyl (C=O) groups is 1. The number of rotatable bonds is 4. The Labute approximate surface area is 88.6 Å². The molecule has 86 valence electrons.